The Morgan fingerprint density at radius 3 is 2.06 bits per heavy atom. The maximum atomic E-state index is 10.5. The van der Waals surface area contributed by atoms with Crippen molar-refractivity contribution in [3.63, 3.8) is 0 Å². The molecule has 1 saturated carbocycles. The van der Waals surface area contributed by atoms with Gasteiger partial charge in [-0.2, -0.15) is 5.26 Å². The lowest BCUT2D eigenvalue weighted by Crippen LogP contribution is -2.51. The number of fused-ring (bicyclic) bond motifs is 1. The summed E-state index contributed by atoms with van der Waals surface area (Å²) >= 11 is 0. The second-order valence-corrected chi connectivity index (χ2v) is 10.4. The van der Waals surface area contributed by atoms with Crippen LogP contribution in [0.2, 0.25) is 0 Å². The minimum Gasteiger partial charge on any atom is -0.396 e. The van der Waals surface area contributed by atoms with Gasteiger partial charge in [0.05, 0.1) is 36.9 Å². The topological polar surface area (TPSA) is 62.5 Å². The molecule has 0 aliphatic heterocycles. The van der Waals surface area contributed by atoms with Gasteiger partial charge in [0.15, 0.2) is 0 Å². The molecule has 0 heterocycles. The van der Waals surface area contributed by atoms with Crippen molar-refractivity contribution in [3.05, 3.63) is 83.4 Å². The fourth-order valence-corrected chi connectivity index (χ4v) is 6.12. The van der Waals surface area contributed by atoms with Crippen LogP contribution in [0.5, 0.6) is 0 Å². The first-order valence-corrected chi connectivity index (χ1v) is 12.5. The number of rotatable bonds is 8. The average Bonchev–Trinajstić information content (AvgIpc) is 2.86. The van der Waals surface area contributed by atoms with Gasteiger partial charge in [-0.3, -0.25) is 0 Å². The lowest BCUT2D eigenvalue weighted by molar-refractivity contribution is -0.0695. The number of ether oxygens (including phenoxy) is 2. The van der Waals surface area contributed by atoms with Crippen molar-refractivity contribution in [2.75, 3.05) is 6.61 Å². The Morgan fingerprint density at radius 1 is 0.941 bits per heavy atom. The van der Waals surface area contributed by atoms with Gasteiger partial charge in [0.25, 0.3) is 0 Å². The Morgan fingerprint density at radius 2 is 1.50 bits per heavy atom. The van der Waals surface area contributed by atoms with Crippen molar-refractivity contribution in [2.24, 2.45) is 29.1 Å². The van der Waals surface area contributed by atoms with Gasteiger partial charge in [-0.15, -0.1) is 0 Å². The van der Waals surface area contributed by atoms with E-state index in [2.05, 4.69) is 57.2 Å². The highest BCUT2D eigenvalue weighted by Gasteiger charge is 2.53. The van der Waals surface area contributed by atoms with Gasteiger partial charge in [0.1, 0.15) is 0 Å². The zero-order valence-electron chi connectivity index (χ0n) is 20.6. The molecule has 4 nitrogen and oxygen atoms in total. The smallest absolute Gasteiger partial charge is 0.0840 e. The summed E-state index contributed by atoms with van der Waals surface area (Å²) in [5.74, 6) is 0.732. The molecule has 0 saturated heterocycles. The van der Waals surface area contributed by atoms with Crippen LogP contribution in [-0.4, -0.2) is 23.9 Å². The van der Waals surface area contributed by atoms with Gasteiger partial charge in [0, 0.05) is 6.61 Å². The van der Waals surface area contributed by atoms with E-state index in [9.17, 15) is 10.4 Å². The summed E-state index contributed by atoms with van der Waals surface area (Å²) in [5, 5.41) is 20.5. The number of hydrogen-bond donors (Lipinski definition) is 1. The van der Waals surface area contributed by atoms with Crippen LogP contribution < -0.4 is 0 Å². The first kappa shape index (κ1) is 24.7. The normalized spacial score (nSPS) is 31.7. The second-order valence-electron chi connectivity index (χ2n) is 10.4. The van der Waals surface area contributed by atoms with Crippen molar-refractivity contribution in [3.8, 4) is 6.07 Å². The maximum Gasteiger partial charge on any atom is 0.0840 e. The van der Waals surface area contributed by atoms with Crippen LogP contribution in [0.25, 0.3) is 0 Å². The number of aliphatic hydroxyl groups is 1. The van der Waals surface area contributed by atoms with Crippen LogP contribution in [-0.2, 0) is 22.7 Å². The standard InChI is InChI=1S/C30H37NO3/c1-21-15-30(20-31)16-22(2)28(23(3)17-32)29(34-19-25-12-8-5-9-13-25)26(30)14-27(21)33-18-24-10-6-4-7-11-24/h4-14,21-23,27-29,32H,15-19H2,1-3H3/t21-,22+,23-,27-,28+,29+,30+/m1/s1. The molecule has 180 valence electrons. The van der Waals surface area contributed by atoms with Crippen molar-refractivity contribution in [1.29, 1.82) is 5.26 Å². The summed E-state index contributed by atoms with van der Waals surface area (Å²) in [6.07, 6.45) is 3.47. The highest BCUT2D eigenvalue weighted by atomic mass is 16.5. The monoisotopic (exact) mass is 459 g/mol. The number of benzene rings is 2. The molecule has 4 rings (SSSR count). The minimum absolute atomic E-state index is 0.0713. The van der Waals surface area contributed by atoms with E-state index in [0.717, 1.165) is 29.5 Å². The summed E-state index contributed by atoms with van der Waals surface area (Å²) < 4.78 is 13.0. The summed E-state index contributed by atoms with van der Waals surface area (Å²) in [6, 6.07) is 23.1. The lowest BCUT2D eigenvalue weighted by Gasteiger charge is -2.52. The third kappa shape index (κ3) is 5.13. The Hall–Kier alpha value is -2.45. The molecule has 2 aliphatic carbocycles. The molecule has 0 unspecified atom stereocenters. The Labute approximate surface area is 204 Å². The molecule has 2 aromatic carbocycles. The van der Waals surface area contributed by atoms with Crippen LogP contribution in [0.1, 0.15) is 44.7 Å². The summed E-state index contributed by atoms with van der Waals surface area (Å²) in [6.45, 7) is 7.63. The Kier molecular flexibility index (Phi) is 7.88. The Balaban J connectivity index is 1.66. The molecule has 7 atom stereocenters. The molecule has 0 aromatic heterocycles. The molecule has 0 radical (unpaired) electrons. The lowest BCUT2D eigenvalue weighted by atomic mass is 9.55. The third-order valence-corrected chi connectivity index (χ3v) is 7.83. The predicted octanol–water partition coefficient (Wildman–Crippen LogP) is 5.92. The molecular formula is C30H37NO3. The Bertz CT molecular complexity index is 999. The van der Waals surface area contributed by atoms with Crippen LogP contribution in [0, 0.1) is 40.4 Å². The molecule has 2 aliphatic rings. The van der Waals surface area contributed by atoms with Crippen molar-refractivity contribution >= 4 is 0 Å². The van der Waals surface area contributed by atoms with E-state index in [0.29, 0.717) is 13.2 Å². The van der Waals surface area contributed by atoms with Crippen molar-refractivity contribution in [2.45, 2.75) is 59.0 Å². The highest BCUT2D eigenvalue weighted by molar-refractivity contribution is 5.35. The molecule has 1 N–H and O–H groups in total. The number of hydrogen-bond acceptors (Lipinski definition) is 4. The van der Waals surface area contributed by atoms with Gasteiger partial charge >= 0.3 is 0 Å². The zero-order valence-corrected chi connectivity index (χ0v) is 20.6. The van der Waals surface area contributed by atoms with Crippen LogP contribution >= 0.6 is 0 Å². The first-order chi connectivity index (χ1) is 16.5. The van der Waals surface area contributed by atoms with Gasteiger partial charge < -0.3 is 14.6 Å². The van der Waals surface area contributed by atoms with Gasteiger partial charge in [-0.25, -0.2) is 0 Å². The average molecular weight is 460 g/mol. The van der Waals surface area contributed by atoms with E-state index in [4.69, 9.17) is 9.47 Å². The van der Waals surface area contributed by atoms with Gasteiger partial charge in [0.2, 0.25) is 0 Å². The molecule has 2 aromatic rings. The third-order valence-electron chi connectivity index (χ3n) is 7.83. The predicted molar refractivity (Wildman–Crippen MR) is 133 cm³/mol. The van der Waals surface area contributed by atoms with Gasteiger partial charge in [-0.1, -0.05) is 87.5 Å². The molecule has 34 heavy (non-hydrogen) atoms. The van der Waals surface area contributed by atoms with Crippen molar-refractivity contribution < 1.29 is 14.6 Å². The quantitative estimate of drug-likeness (QED) is 0.498. The van der Waals surface area contributed by atoms with E-state index in [-0.39, 0.29) is 42.5 Å². The summed E-state index contributed by atoms with van der Waals surface area (Å²) in [4.78, 5) is 0. The number of nitrogens with zero attached hydrogens (tertiary/aromatic N) is 1. The van der Waals surface area contributed by atoms with E-state index in [1.54, 1.807) is 0 Å². The fraction of sp³-hybridized carbons (Fsp3) is 0.500. The largest absolute Gasteiger partial charge is 0.396 e. The van der Waals surface area contributed by atoms with Crippen LogP contribution in [0.15, 0.2) is 72.3 Å². The van der Waals surface area contributed by atoms with Crippen LogP contribution in [0.4, 0.5) is 0 Å². The fourth-order valence-electron chi connectivity index (χ4n) is 6.12. The van der Waals surface area contributed by atoms with Gasteiger partial charge in [-0.05, 0) is 53.2 Å². The minimum atomic E-state index is -0.543. The van der Waals surface area contributed by atoms with E-state index >= 15 is 0 Å². The summed E-state index contributed by atoms with van der Waals surface area (Å²) in [7, 11) is 0. The molecule has 0 amide bonds. The van der Waals surface area contributed by atoms with E-state index < -0.39 is 5.41 Å². The SMILES string of the molecule is C[C@H](CO)[C@@H]1[C@@H](C)C[C@]2(C#N)C[C@@H](C)[C@H](OCc3ccccc3)C=C2[C@@H]1OCc1ccccc1. The van der Waals surface area contributed by atoms with Crippen molar-refractivity contribution in [1.82, 2.24) is 0 Å². The molecule has 0 bridgehead atoms. The second kappa shape index (κ2) is 10.9. The first-order valence-electron chi connectivity index (χ1n) is 12.5. The molecule has 0 spiro atoms. The highest BCUT2D eigenvalue weighted by Crippen LogP contribution is 2.55. The number of nitriles is 1. The number of aliphatic hydroxyl groups excluding tert-OH is 1. The zero-order chi connectivity index (χ0) is 24.1. The van der Waals surface area contributed by atoms with E-state index in [1.165, 1.54) is 0 Å². The van der Waals surface area contributed by atoms with Crippen LogP contribution in [0.3, 0.4) is 0 Å². The molecular weight excluding hydrogens is 422 g/mol. The molecule has 1 fully saturated rings. The summed E-state index contributed by atoms with van der Waals surface area (Å²) in [5.41, 5.74) is 2.77. The van der Waals surface area contributed by atoms with E-state index in [1.807, 2.05) is 36.4 Å². The maximum absolute atomic E-state index is 10.5. The molecule has 4 heteroatoms.